The maximum atomic E-state index is 12.0. The van der Waals surface area contributed by atoms with Crippen molar-refractivity contribution >= 4 is 22.8 Å². The van der Waals surface area contributed by atoms with E-state index in [1.54, 1.807) is 24.4 Å². The van der Waals surface area contributed by atoms with Crippen LogP contribution in [0.25, 0.3) is 10.9 Å². The molecule has 0 saturated carbocycles. The summed E-state index contributed by atoms with van der Waals surface area (Å²) in [6.45, 7) is 2.07. The highest BCUT2D eigenvalue weighted by Gasteiger charge is 2.19. The molecule has 1 unspecified atom stereocenters. The normalized spacial score (nSPS) is 12.1. The molecule has 0 bridgehead atoms. The number of rotatable bonds is 12. The van der Waals surface area contributed by atoms with Crippen molar-refractivity contribution < 1.29 is 24.2 Å². The molecule has 7 nitrogen and oxygen atoms in total. The van der Waals surface area contributed by atoms with Gasteiger partial charge in [0.1, 0.15) is 11.8 Å². The quantitative estimate of drug-likeness (QED) is 0.379. The first-order chi connectivity index (χ1) is 13.5. The van der Waals surface area contributed by atoms with E-state index in [0.717, 1.165) is 35.7 Å². The summed E-state index contributed by atoms with van der Waals surface area (Å²) in [7, 11) is 0. The highest BCUT2D eigenvalue weighted by Crippen LogP contribution is 2.23. The van der Waals surface area contributed by atoms with Gasteiger partial charge in [-0.25, -0.2) is 4.79 Å². The lowest BCUT2D eigenvalue weighted by Gasteiger charge is -2.11. The van der Waals surface area contributed by atoms with Crippen LogP contribution >= 0.6 is 0 Å². The van der Waals surface area contributed by atoms with Gasteiger partial charge >= 0.3 is 11.9 Å². The Hall–Kier alpha value is -2.54. The number of aromatic amines is 1. The van der Waals surface area contributed by atoms with Gasteiger partial charge in [0, 0.05) is 23.5 Å². The molecule has 0 aliphatic rings. The minimum Gasteiger partial charge on any atom is -0.508 e. The maximum Gasteiger partial charge on any atom is 0.344 e. The first-order valence-corrected chi connectivity index (χ1v) is 9.88. The number of nitrogens with two attached hydrogens (primary N) is 1. The molecule has 0 radical (unpaired) electrons. The molecular formula is C21H30N2O5. The Morgan fingerprint density at radius 2 is 1.89 bits per heavy atom. The number of phenolic OH excluding ortho intramolecular Hbond substituents is 1. The molecule has 154 valence electrons. The summed E-state index contributed by atoms with van der Waals surface area (Å²) in [6.07, 6.45) is 8.59. The van der Waals surface area contributed by atoms with E-state index >= 15 is 0 Å². The Morgan fingerprint density at radius 1 is 1.14 bits per heavy atom. The number of H-pyrrole nitrogens is 1. The summed E-state index contributed by atoms with van der Waals surface area (Å²) in [5.74, 6) is -1.09. The van der Waals surface area contributed by atoms with E-state index in [0.29, 0.717) is 6.61 Å². The average Bonchev–Trinajstić information content (AvgIpc) is 3.07. The molecule has 1 aromatic carbocycles. The Labute approximate surface area is 165 Å². The minimum atomic E-state index is -0.910. The van der Waals surface area contributed by atoms with E-state index in [9.17, 15) is 14.7 Å². The lowest BCUT2D eigenvalue weighted by molar-refractivity contribution is -0.159. The first-order valence-electron chi connectivity index (χ1n) is 9.88. The number of aromatic hydroxyl groups is 1. The average molecular weight is 390 g/mol. The molecule has 0 fully saturated rings. The van der Waals surface area contributed by atoms with Crippen LogP contribution in [0, 0.1) is 0 Å². The smallest absolute Gasteiger partial charge is 0.344 e. The molecule has 4 N–H and O–H groups in total. The van der Waals surface area contributed by atoms with Crippen molar-refractivity contribution in [2.24, 2.45) is 5.73 Å². The van der Waals surface area contributed by atoms with Gasteiger partial charge in [-0.05, 0) is 30.2 Å². The highest BCUT2D eigenvalue weighted by atomic mass is 16.6. The number of hydrogen-bond acceptors (Lipinski definition) is 6. The number of fused-ring (bicyclic) bond motifs is 1. The van der Waals surface area contributed by atoms with E-state index in [1.165, 1.54) is 19.3 Å². The fourth-order valence-corrected chi connectivity index (χ4v) is 3.00. The van der Waals surface area contributed by atoms with Crippen LogP contribution in [0.4, 0.5) is 0 Å². The molecule has 0 spiro atoms. The molecule has 0 saturated heterocycles. The van der Waals surface area contributed by atoms with Crippen molar-refractivity contribution in [1.82, 2.24) is 4.98 Å². The van der Waals surface area contributed by atoms with E-state index in [1.807, 2.05) is 0 Å². The summed E-state index contributed by atoms with van der Waals surface area (Å²) < 4.78 is 10.0. The van der Waals surface area contributed by atoms with Crippen LogP contribution in [-0.4, -0.2) is 41.3 Å². The van der Waals surface area contributed by atoms with Crippen molar-refractivity contribution in [3.63, 3.8) is 0 Å². The molecule has 1 atom stereocenters. The van der Waals surface area contributed by atoms with Gasteiger partial charge in [0.15, 0.2) is 6.61 Å². The van der Waals surface area contributed by atoms with Gasteiger partial charge in [0.05, 0.1) is 6.61 Å². The molecule has 2 rings (SSSR count). The number of nitrogens with one attached hydrogen (secondary N) is 1. The van der Waals surface area contributed by atoms with Crippen LogP contribution in [0.5, 0.6) is 5.75 Å². The lowest BCUT2D eigenvalue weighted by Crippen LogP contribution is -2.35. The van der Waals surface area contributed by atoms with Crippen LogP contribution in [0.2, 0.25) is 0 Å². The van der Waals surface area contributed by atoms with Crippen LogP contribution in [0.1, 0.15) is 51.0 Å². The number of benzene rings is 1. The van der Waals surface area contributed by atoms with Gasteiger partial charge in [0.25, 0.3) is 0 Å². The Balaban J connectivity index is 1.67. The third kappa shape index (κ3) is 6.88. The predicted octanol–water partition coefficient (Wildman–Crippen LogP) is 3.19. The van der Waals surface area contributed by atoms with Gasteiger partial charge < -0.3 is 25.3 Å². The minimum absolute atomic E-state index is 0.137. The van der Waals surface area contributed by atoms with Crippen molar-refractivity contribution in [3.8, 4) is 5.75 Å². The summed E-state index contributed by atoms with van der Waals surface area (Å²) in [6, 6.07) is 4.03. The van der Waals surface area contributed by atoms with Gasteiger partial charge in [-0.15, -0.1) is 0 Å². The number of esters is 2. The van der Waals surface area contributed by atoms with Gasteiger partial charge in [-0.3, -0.25) is 4.79 Å². The number of unbranched alkanes of at least 4 members (excludes halogenated alkanes) is 5. The van der Waals surface area contributed by atoms with Crippen LogP contribution in [0.3, 0.4) is 0 Å². The molecule has 1 heterocycles. The molecule has 0 amide bonds. The second-order valence-corrected chi connectivity index (χ2v) is 6.95. The second kappa shape index (κ2) is 11.3. The van der Waals surface area contributed by atoms with Crippen molar-refractivity contribution in [2.45, 2.75) is 57.9 Å². The highest BCUT2D eigenvalue weighted by molar-refractivity contribution is 5.86. The topological polar surface area (TPSA) is 115 Å². The molecule has 1 aromatic heterocycles. The molecular weight excluding hydrogens is 360 g/mol. The summed E-state index contributed by atoms with van der Waals surface area (Å²) in [4.78, 5) is 26.8. The number of aromatic nitrogens is 1. The van der Waals surface area contributed by atoms with Gasteiger partial charge in [0.2, 0.25) is 0 Å². The van der Waals surface area contributed by atoms with Crippen LogP contribution < -0.4 is 5.73 Å². The molecule has 0 aliphatic carbocycles. The molecule has 0 aliphatic heterocycles. The number of hydrogen-bond donors (Lipinski definition) is 3. The van der Waals surface area contributed by atoms with Gasteiger partial charge in [-0.1, -0.05) is 39.0 Å². The third-order valence-corrected chi connectivity index (χ3v) is 4.59. The fraction of sp³-hybridized carbons (Fsp3) is 0.524. The largest absolute Gasteiger partial charge is 0.508 e. The zero-order valence-electron chi connectivity index (χ0n) is 16.4. The SMILES string of the molecule is CCCCCCCCOC(=O)COC(=O)C(N)Cc1c[nH]c2ccc(O)cc12. The van der Waals surface area contributed by atoms with Crippen LogP contribution in [0.15, 0.2) is 24.4 Å². The van der Waals surface area contributed by atoms with Crippen molar-refractivity contribution in [3.05, 3.63) is 30.0 Å². The van der Waals surface area contributed by atoms with E-state index in [-0.39, 0.29) is 12.2 Å². The Kier molecular flexibility index (Phi) is 8.81. The predicted molar refractivity (Wildman–Crippen MR) is 107 cm³/mol. The number of carbonyl (C=O) groups is 2. The van der Waals surface area contributed by atoms with Crippen molar-refractivity contribution in [2.75, 3.05) is 13.2 Å². The zero-order valence-corrected chi connectivity index (χ0v) is 16.4. The third-order valence-electron chi connectivity index (χ3n) is 4.59. The van der Waals surface area contributed by atoms with E-state index in [2.05, 4.69) is 11.9 Å². The molecule has 2 aromatic rings. The van der Waals surface area contributed by atoms with Gasteiger partial charge in [-0.2, -0.15) is 0 Å². The fourth-order valence-electron chi connectivity index (χ4n) is 3.00. The van der Waals surface area contributed by atoms with Crippen molar-refractivity contribution in [1.29, 1.82) is 0 Å². The molecule has 28 heavy (non-hydrogen) atoms. The van der Waals surface area contributed by atoms with Crippen LogP contribution in [-0.2, 0) is 25.5 Å². The summed E-state index contributed by atoms with van der Waals surface area (Å²) >= 11 is 0. The summed E-state index contributed by atoms with van der Waals surface area (Å²) in [5.41, 5.74) is 7.53. The number of phenols is 1. The lowest BCUT2D eigenvalue weighted by atomic mass is 10.1. The monoisotopic (exact) mass is 390 g/mol. The first kappa shape index (κ1) is 21.8. The second-order valence-electron chi connectivity index (χ2n) is 6.95. The molecule has 7 heteroatoms. The summed E-state index contributed by atoms with van der Waals surface area (Å²) in [5, 5.41) is 10.4. The number of carbonyl (C=O) groups excluding carboxylic acids is 2. The van der Waals surface area contributed by atoms with E-state index < -0.39 is 24.6 Å². The zero-order chi connectivity index (χ0) is 20.4. The maximum absolute atomic E-state index is 12.0. The number of ether oxygens (including phenoxy) is 2. The Bertz CT molecular complexity index is 771. The standard InChI is InChI=1S/C21H30N2O5/c1-2-3-4-5-6-7-10-27-20(25)14-28-21(26)18(22)11-15-13-23-19-9-8-16(24)12-17(15)19/h8-9,12-13,18,23-24H,2-7,10-11,14,22H2,1H3. The Morgan fingerprint density at radius 3 is 2.68 bits per heavy atom. The van der Waals surface area contributed by atoms with E-state index in [4.69, 9.17) is 15.2 Å².